The Bertz CT molecular complexity index is 422. The van der Waals surface area contributed by atoms with Crippen molar-refractivity contribution in [2.24, 2.45) is 11.3 Å². The average molecular weight is 294 g/mol. The molecule has 2 aliphatic heterocycles. The van der Waals surface area contributed by atoms with Crippen LogP contribution in [0.3, 0.4) is 0 Å². The first kappa shape index (κ1) is 14.8. The number of rotatable bonds is 5. The molecule has 2 amide bonds. The van der Waals surface area contributed by atoms with Gasteiger partial charge in [-0.25, -0.2) is 0 Å². The van der Waals surface area contributed by atoms with Crippen LogP contribution in [0.1, 0.15) is 44.9 Å². The number of aliphatic hydroxyl groups excluding tert-OH is 1. The van der Waals surface area contributed by atoms with Crippen LogP contribution >= 0.6 is 0 Å². The number of aliphatic hydroxyl groups is 1. The van der Waals surface area contributed by atoms with E-state index in [4.69, 9.17) is 0 Å². The second kappa shape index (κ2) is 5.95. The van der Waals surface area contributed by atoms with Crippen molar-refractivity contribution in [3.63, 3.8) is 0 Å². The van der Waals surface area contributed by atoms with E-state index in [-0.39, 0.29) is 30.4 Å². The number of hydrogen-bond donors (Lipinski definition) is 1. The Balaban J connectivity index is 1.58. The molecule has 0 aromatic rings. The SMILES string of the molecule is O=C1CCCN1CC(=O)N1CCCC(CO)(CC2CC2)C1. The topological polar surface area (TPSA) is 60.9 Å². The Labute approximate surface area is 126 Å². The third-order valence-electron chi connectivity index (χ3n) is 5.27. The average Bonchev–Trinajstić information content (AvgIpc) is 3.21. The summed E-state index contributed by atoms with van der Waals surface area (Å²) in [7, 11) is 0. The molecule has 1 saturated carbocycles. The summed E-state index contributed by atoms with van der Waals surface area (Å²) < 4.78 is 0. The molecule has 0 radical (unpaired) electrons. The fraction of sp³-hybridized carbons (Fsp3) is 0.875. The van der Waals surface area contributed by atoms with E-state index in [1.54, 1.807) is 4.90 Å². The van der Waals surface area contributed by atoms with E-state index in [0.717, 1.165) is 38.1 Å². The molecule has 1 unspecified atom stereocenters. The van der Waals surface area contributed by atoms with Gasteiger partial charge in [0.25, 0.3) is 0 Å². The molecule has 1 atom stereocenters. The lowest BCUT2D eigenvalue weighted by Gasteiger charge is -2.42. The van der Waals surface area contributed by atoms with Gasteiger partial charge in [0.2, 0.25) is 11.8 Å². The summed E-state index contributed by atoms with van der Waals surface area (Å²) >= 11 is 0. The predicted octanol–water partition coefficient (Wildman–Crippen LogP) is 1.01. The van der Waals surface area contributed by atoms with Crippen LogP contribution < -0.4 is 0 Å². The first-order valence-corrected chi connectivity index (χ1v) is 8.28. The minimum atomic E-state index is -0.0932. The maximum atomic E-state index is 12.5. The Morgan fingerprint density at radius 1 is 1.29 bits per heavy atom. The van der Waals surface area contributed by atoms with E-state index in [1.807, 2.05) is 4.90 Å². The van der Waals surface area contributed by atoms with E-state index in [0.29, 0.717) is 19.5 Å². The molecule has 0 spiro atoms. The molecule has 0 aromatic heterocycles. The largest absolute Gasteiger partial charge is 0.396 e. The fourth-order valence-electron chi connectivity index (χ4n) is 3.85. The van der Waals surface area contributed by atoms with Gasteiger partial charge in [-0.15, -0.1) is 0 Å². The molecule has 1 N–H and O–H groups in total. The molecule has 2 heterocycles. The van der Waals surface area contributed by atoms with E-state index in [2.05, 4.69) is 0 Å². The van der Waals surface area contributed by atoms with Gasteiger partial charge in [0.15, 0.2) is 0 Å². The highest BCUT2D eigenvalue weighted by Gasteiger charge is 2.41. The lowest BCUT2D eigenvalue weighted by atomic mass is 9.76. The van der Waals surface area contributed by atoms with Crippen LogP contribution in [0.2, 0.25) is 0 Å². The highest BCUT2D eigenvalue weighted by Crippen LogP contribution is 2.44. The van der Waals surface area contributed by atoms with E-state index in [9.17, 15) is 14.7 Å². The maximum Gasteiger partial charge on any atom is 0.242 e. The third-order valence-corrected chi connectivity index (χ3v) is 5.27. The van der Waals surface area contributed by atoms with Crippen molar-refractivity contribution in [3.05, 3.63) is 0 Å². The fourth-order valence-corrected chi connectivity index (χ4v) is 3.85. The molecule has 118 valence electrons. The zero-order valence-electron chi connectivity index (χ0n) is 12.7. The van der Waals surface area contributed by atoms with E-state index in [1.165, 1.54) is 12.8 Å². The van der Waals surface area contributed by atoms with Gasteiger partial charge < -0.3 is 14.9 Å². The normalized spacial score (nSPS) is 30.0. The summed E-state index contributed by atoms with van der Waals surface area (Å²) in [6.07, 6.45) is 7.04. The molecule has 2 saturated heterocycles. The van der Waals surface area contributed by atoms with Crippen LogP contribution in [0.5, 0.6) is 0 Å². The Morgan fingerprint density at radius 3 is 2.71 bits per heavy atom. The summed E-state index contributed by atoms with van der Waals surface area (Å²) in [5.41, 5.74) is -0.0932. The summed E-state index contributed by atoms with van der Waals surface area (Å²) in [5, 5.41) is 9.84. The van der Waals surface area contributed by atoms with Gasteiger partial charge in [-0.3, -0.25) is 9.59 Å². The predicted molar refractivity (Wildman–Crippen MR) is 78.5 cm³/mol. The number of hydrogen-bond acceptors (Lipinski definition) is 3. The Kier molecular flexibility index (Phi) is 4.20. The summed E-state index contributed by atoms with van der Waals surface area (Å²) in [6.45, 7) is 2.56. The van der Waals surface area contributed by atoms with Crippen molar-refractivity contribution in [1.29, 1.82) is 0 Å². The number of nitrogens with zero attached hydrogens (tertiary/aromatic N) is 2. The van der Waals surface area contributed by atoms with Crippen LogP contribution in [-0.4, -0.2) is 59.5 Å². The van der Waals surface area contributed by atoms with Crippen molar-refractivity contribution in [3.8, 4) is 0 Å². The van der Waals surface area contributed by atoms with E-state index >= 15 is 0 Å². The molecule has 5 heteroatoms. The molecule has 3 rings (SSSR count). The van der Waals surface area contributed by atoms with Crippen LogP contribution in [0.15, 0.2) is 0 Å². The highest BCUT2D eigenvalue weighted by atomic mass is 16.3. The first-order chi connectivity index (χ1) is 10.1. The molecule has 5 nitrogen and oxygen atoms in total. The van der Waals surface area contributed by atoms with Gasteiger partial charge in [0.1, 0.15) is 0 Å². The van der Waals surface area contributed by atoms with Crippen molar-refractivity contribution < 1.29 is 14.7 Å². The smallest absolute Gasteiger partial charge is 0.242 e. The van der Waals surface area contributed by atoms with Crippen molar-refractivity contribution in [2.75, 3.05) is 32.8 Å². The molecule has 3 fully saturated rings. The van der Waals surface area contributed by atoms with Crippen LogP contribution in [-0.2, 0) is 9.59 Å². The zero-order chi connectivity index (χ0) is 14.9. The third kappa shape index (κ3) is 3.39. The van der Waals surface area contributed by atoms with Gasteiger partial charge in [0.05, 0.1) is 13.2 Å². The molecular weight excluding hydrogens is 268 g/mol. The van der Waals surface area contributed by atoms with Crippen molar-refractivity contribution in [1.82, 2.24) is 9.80 Å². The monoisotopic (exact) mass is 294 g/mol. The first-order valence-electron chi connectivity index (χ1n) is 8.28. The van der Waals surface area contributed by atoms with Gasteiger partial charge in [-0.05, 0) is 31.6 Å². The number of likely N-dealkylation sites (tertiary alicyclic amines) is 2. The molecule has 3 aliphatic rings. The van der Waals surface area contributed by atoms with Crippen molar-refractivity contribution in [2.45, 2.75) is 44.9 Å². The Hall–Kier alpha value is -1.10. The van der Waals surface area contributed by atoms with Gasteiger partial charge in [0, 0.05) is 31.5 Å². The molecule has 0 aromatic carbocycles. The minimum absolute atomic E-state index is 0.0542. The number of carbonyl (C=O) groups is 2. The summed E-state index contributed by atoms with van der Waals surface area (Å²) in [4.78, 5) is 27.7. The molecule has 0 bridgehead atoms. The summed E-state index contributed by atoms with van der Waals surface area (Å²) in [5.74, 6) is 0.915. The summed E-state index contributed by atoms with van der Waals surface area (Å²) in [6, 6.07) is 0. The van der Waals surface area contributed by atoms with Crippen LogP contribution in [0.4, 0.5) is 0 Å². The van der Waals surface area contributed by atoms with Gasteiger partial charge in [-0.2, -0.15) is 0 Å². The van der Waals surface area contributed by atoms with Crippen LogP contribution in [0.25, 0.3) is 0 Å². The minimum Gasteiger partial charge on any atom is -0.396 e. The van der Waals surface area contributed by atoms with Crippen LogP contribution in [0, 0.1) is 11.3 Å². The van der Waals surface area contributed by atoms with Gasteiger partial charge in [-0.1, -0.05) is 12.8 Å². The molecular formula is C16H26N2O3. The van der Waals surface area contributed by atoms with Gasteiger partial charge >= 0.3 is 0 Å². The van der Waals surface area contributed by atoms with Crippen molar-refractivity contribution >= 4 is 11.8 Å². The Morgan fingerprint density at radius 2 is 2.10 bits per heavy atom. The number of piperidine rings is 1. The standard InChI is InChI=1S/C16H26N2O3/c19-12-16(9-13-4-5-13)6-2-8-18(11-16)15(21)10-17-7-1-3-14(17)20/h13,19H,1-12H2. The highest BCUT2D eigenvalue weighted by molar-refractivity contribution is 5.86. The lowest BCUT2D eigenvalue weighted by Crippen LogP contribution is -2.50. The molecule has 21 heavy (non-hydrogen) atoms. The number of amides is 2. The maximum absolute atomic E-state index is 12.5. The molecule has 1 aliphatic carbocycles. The second-order valence-electron chi connectivity index (χ2n) is 7.14. The number of carbonyl (C=O) groups excluding carboxylic acids is 2. The second-order valence-corrected chi connectivity index (χ2v) is 7.14. The zero-order valence-corrected chi connectivity index (χ0v) is 12.7. The lowest BCUT2D eigenvalue weighted by molar-refractivity contribution is -0.141. The quantitative estimate of drug-likeness (QED) is 0.823. The van der Waals surface area contributed by atoms with E-state index < -0.39 is 0 Å².